The molecule has 2 nitrogen and oxygen atoms in total. The molecule has 80 valence electrons. The van der Waals surface area contributed by atoms with E-state index in [2.05, 4.69) is 24.3 Å². The van der Waals surface area contributed by atoms with Crippen molar-refractivity contribution in [2.75, 3.05) is 13.1 Å². The van der Waals surface area contributed by atoms with Gasteiger partial charge in [0.25, 0.3) is 0 Å². The minimum Gasteiger partial charge on any atom is -0.634 e. The summed E-state index contributed by atoms with van der Waals surface area (Å²) in [7, 11) is 0. The quantitative estimate of drug-likeness (QED) is 0.629. The van der Waals surface area contributed by atoms with E-state index in [0.29, 0.717) is 16.9 Å². The van der Waals surface area contributed by atoms with Gasteiger partial charge in [-0.1, -0.05) is 24.3 Å². The Morgan fingerprint density at radius 1 is 1.20 bits per heavy atom. The second-order valence-electron chi connectivity index (χ2n) is 4.89. The molecule has 1 N–H and O–H groups in total. The second kappa shape index (κ2) is 3.62. The number of nitrogens with one attached hydrogen (secondary N) is 1. The third kappa shape index (κ3) is 1.58. The molecule has 1 saturated heterocycles. The molecule has 3 rings (SSSR count). The molecule has 0 radical (unpaired) electrons. The molecule has 15 heavy (non-hydrogen) atoms. The third-order valence-electron chi connectivity index (χ3n) is 4.03. The highest BCUT2D eigenvalue weighted by molar-refractivity contribution is 5.33. The second-order valence-corrected chi connectivity index (χ2v) is 4.89. The fraction of sp³-hybridized carbons (Fsp3) is 0.538. The molecule has 1 aliphatic carbocycles. The summed E-state index contributed by atoms with van der Waals surface area (Å²) in [6.07, 6.45) is 3.47. The van der Waals surface area contributed by atoms with Crippen molar-refractivity contribution >= 4 is 0 Å². The molecule has 3 atom stereocenters. The first-order valence-electron chi connectivity index (χ1n) is 5.94. The molecule has 1 aromatic rings. The number of quaternary nitrogens is 1. The Hall–Kier alpha value is -0.860. The van der Waals surface area contributed by atoms with Gasteiger partial charge in [0.1, 0.15) is 0 Å². The van der Waals surface area contributed by atoms with E-state index in [1.54, 1.807) is 0 Å². The predicted molar refractivity (Wildman–Crippen MR) is 59.7 cm³/mol. The van der Waals surface area contributed by atoms with Gasteiger partial charge in [0.15, 0.2) is 0 Å². The van der Waals surface area contributed by atoms with Crippen LogP contribution in [-0.4, -0.2) is 13.1 Å². The van der Waals surface area contributed by atoms with Gasteiger partial charge in [0, 0.05) is 12.3 Å². The average Bonchev–Trinajstić information content (AvgIpc) is 2.28. The summed E-state index contributed by atoms with van der Waals surface area (Å²) in [4.78, 5) is 0. The summed E-state index contributed by atoms with van der Waals surface area (Å²) in [5, 5.41) is 11.9. The molecule has 1 aromatic carbocycles. The Kier molecular flexibility index (Phi) is 2.26. The Labute approximate surface area is 90.5 Å². The van der Waals surface area contributed by atoms with Crippen molar-refractivity contribution in [3.05, 3.63) is 40.6 Å². The molecule has 0 saturated carbocycles. The highest BCUT2D eigenvalue weighted by atomic mass is 16.5. The van der Waals surface area contributed by atoms with Gasteiger partial charge in [0.2, 0.25) is 0 Å². The van der Waals surface area contributed by atoms with Crippen LogP contribution in [0.3, 0.4) is 0 Å². The summed E-state index contributed by atoms with van der Waals surface area (Å²) in [6, 6.07) is 8.79. The minimum absolute atomic E-state index is 0.482. The Bertz CT molecular complexity index is 363. The summed E-state index contributed by atoms with van der Waals surface area (Å²) >= 11 is 0. The van der Waals surface area contributed by atoms with Crippen LogP contribution in [0.2, 0.25) is 0 Å². The number of hydrogen-bond donors (Lipinski definition) is 1. The van der Waals surface area contributed by atoms with Crippen LogP contribution in [0.1, 0.15) is 29.9 Å². The highest BCUT2D eigenvalue weighted by Gasteiger charge is 2.34. The first-order chi connectivity index (χ1) is 7.34. The lowest BCUT2D eigenvalue weighted by atomic mass is 9.72. The zero-order valence-corrected chi connectivity index (χ0v) is 8.91. The van der Waals surface area contributed by atoms with Crippen molar-refractivity contribution in [1.29, 1.82) is 0 Å². The van der Waals surface area contributed by atoms with E-state index in [1.807, 2.05) is 0 Å². The molecule has 1 heterocycles. The lowest BCUT2D eigenvalue weighted by Crippen LogP contribution is -3.09. The molecule has 1 aliphatic heterocycles. The maximum absolute atomic E-state index is 11.4. The Balaban J connectivity index is 1.93. The number of hydroxylamine groups is 2. The number of benzene rings is 1. The maximum Gasteiger partial charge on any atom is 0.0802 e. The predicted octanol–water partition coefficient (Wildman–Crippen LogP) is 1.12. The fourth-order valence-corrected chi connectivity index (χ4v) is 3.27. The molecule has 0 spiro atoms. The Morgan fingerprint density at radius 2 is 2.07 bits per heavy atom. The van der Waals surface area contributed by atoms with Gasteiger partial charge in [-0.25, -0.2) is 0 Å². The van der Waals surface area contributed by atoms with Crippen molar-refractivity contribution in [1.82, 2.24) is 0 Å². The first-order valence-corrected chi connectivity index (χ1v) is 5.94. The molecule has 3 unspecified atom stereocenters. The van der Waals surface area contributed by atoms with Crippen LogP contribution in [-0.2, 0) is 6.42 Å². The van der Waals surface area contributed by atoms with Crippen LogP contribution in [0.15, 0.2) is 24.3 Å². The van der Waals surface area contributed by atoms with E-state index in [4.69, 9.17) is 0 Å². The summed E-state index contributed by atoms with van der Waals surface area (Å²) in [5.41, 5.74) is 3.05. The molecule has 1 fully saturated rings. The number of piperidine rings is 1. The van der Waals surface area contributed by atoms with Crippen molar-refractivity contribution in [2.45, 2.75) is 25.2 Å². The SMILES string of the molecule is [O-][NH+]1CCC2c3ccccc3CCC2C1. The maximum atomic E-state index is 11.4. The van der Waals surface area contributed by atoms with Crippen molar-refractivity contribution in [3.63, 3.8) is 0 Å². The lowest BCUT2D eigenvalue weighted by Gasteiger charge is -2.41. The molecule has 2 heteroatoms. The van der Waals surface area contributed by atoms with E-state index in [-0.39, 0.29) is 0 Å². The molecule has 0 amide bonds. The summed E-state index contributed by atoms with van der Waals surface area (Å²) < 4.78 is 0. The lowest BCUT2D eigenvalue weighted by molar-refractivity contribution is -0.858. The zero-order chi connectivity index (χ0) is 10.3. The normalized spacial score (nSPS) is 34.3. The average molecular weight is 203 g/mol. The van der Waals surface area contributed by atoms with Gasteiger partial charge in [0.05, 0.1) is 13.1 Å². The zero-order valence-electron chi connectivity index (χ0n) is 8.91. The van der Waals surface area contributed by atoms with Crippen molar-refractivity contribution in [3.8, 4) is 0 Å². The van der Waals surface area contributed by atoms with Crippen LogP contribution in [0, 0.1) is 11.1 Å². The fourth-order valence-electron chi connectivity index (χ4n) is 3.27. The van der Waals surface area contributed by atoms with E-state index in [0.717, 1.165) is 19.5 Å². The number of hydrogen-bond acceptors (Lipinski definition) is 1. The standard InChI is InChI=1S/C13H17NO/c15-14-8-7-13-11(9-14)6-5-10-3-1-2-4-12(10)13/h1-4,11,13-14H,5-9H2. The summed E-state index contributed by atoms with van der Waals surface area (Å²) in [6.45, 7) is 1.63. The van der Waals surface area contributed by atoms with Gasteiger partial charge in [-0.3, -0.25) is 0 Å². The van der Waals surface area contributed by atoms with Crippen molar-refractivity contribution < 1.29 is 5.06 Å². The minimum atomic E-state index is 0.482. The third-order valence-corrected chi connectivity index (χ3v) is 4.03. The first kappa shape index (κ1) is 9.37. The van der Waals surface area contributed by atoms with Gasteiger partial charge >= 0.3 is 0 Å². The van der Waals surface area contributed by atoms with Crippen LogP contribution in [0.25, 0.3) is 0 Å². The van der Waals surface area contributed by atoms with Gasteiger partial charge in [-0.05, 0) is 29.9 Å². The molecular formula is C13H17NO. The number of aryl methyl sites for hydroxylation is 1. The van der Waals surface area contributed by atoms with E-state index in [1.165, 1.54) is 24.0 Å². The summed E-state index contributed by atoms with van der Waals surface area (Å²) in [5.74, 6) is 1.31. The topological polar surface area (TPSA) is 27.5 Å². The molecular weight excluding hydrogens is 186 g/mol. The monoisotopic (exact) mass is 203 g/mol. The molecule has 2 aliphatic rings. The van der Waals surface area contributed by atoms with Gasteiger partial charge in [-0.2, -0.15) is 0 Å². The molecule has 0 aromatic heterocycles. The van der Waals surface area contributed by atoms with E-state index >= 15 is 0 Å². The van der Waals surface area contributed by atoms with Gasteiger partial charge in [-0.15, -0.1) is 0 Å². The van der Waals surface area contributed by atoms with E-state index < -0.39 is 0 Å². The number of fused-ring (bicyclic) bond motifs is 3. The van der Waals surface area contributed by atoms with Crippen LogP contribution in [0.4, 0.5) is 0 Å². The largest absolute Gasteiger partial charge is 0.634 e. The van der Waals surface area contributed by atoms with E-state index in [9.17, 15) is 5.21 Å². The van der Waals surface area contributed by atoms with Crippen LogP contribution in [0.5, 0.6) is 0 Å². The molecule has 0 bridgehead atoms. The Morgan fingerprint density at radius 3 is 3.00 bits per heavy atom. The smallest absolute Gasteiger partial charge is 0.0802 e. The van der Waals surface area contributed by atoms with Crippen LogP contribution >= 0.6 is 0 Å². The van der Waals surface area contributed by atoms with Crippen LogP contribution < -0.4 is 5.06 Å². The number of rotatable bonds is 0. The van der Waals surface area contributed by atoms with Gasteiger partial charge < -0.3 is 10.3 Å². The van der Waals surface area contributed by atoms with Crippen molar-refractivity contribution in [2.24, 2.45) is 5.92 Å². The highest BCUT2D eigenvalue weighted by Crippen LogP contribution is 2.38.